The second-order valence-corrected chi connectivity index (χ2v) is 4.66. The summed E-state index contributed by atoms with van der Waals surface area (Å²) in [4.78, 5) is 1.14. The molecule has 18 heavy (non-hydrogen) atoms. The molecule has 1 aromatic carbocycles. The summed E-state index contributed by atoms with van der Waals surface area (Å²) in [7, 11) is 0. The van der Waals surface area contributed by atoms with Crippen LogP contribution in [-0.2, 0) is 6.54 Å². The van der Waals surface area contributed by atoms with Gasteiger partial charge in [-0.2, -0.15) is 13.2 Å². The minimum absolute atomic E-state index is 0.0283. The standard InChI is InChI=1S/C11H12Cl2F3NO/c1-2-17(6-11(14,15)16)5-7-3-8(12)4-9(13)10(7)18/h3-4,18H,2,5-6H2,1H3. The van der Waals surface area contributed by atoms with Gasteiger partial charge in [0.25, 0.3) is 0 Å². The Kier molecular flexibility index (Phi) is 5.13. The lowest BCUT2D eigenvalue weighted by Gasteiger charge is -2.22. The van der Waals surface area contributed by atoms with Gasteiger partial charge in [-0.1, -0.05) is 30.1 Å². The number of nitrogens with zero attached hydrogens (tertiary/aromatic N) is 1. The van der Waals surface area contributed by atoms with Gasteiger partial charge in [0.15, 0.2) is 0 Å². The number of hydrogen-bond acceptors (Lipinski definition) is 2. The minimum atomic E-state index is -4.28. The highest BCUT2D eigenvalue weighted by molar-refractivity contribution is 6.35. The molecule has 0 aliphatic carbocycles. The Morgan fingerprint density at radius 3 is 2.39 bits per heavy atom. The Morgan fingerprint density at radius 2 is 1.89 bits per heavy atom. The predicted octanol–water partition coefficient (Wildman–Crippen LogP) is 4.08. The summed E-state index contributed by atoms with van der Waals surface area (Å²) < 4.78 is 36.9. The third-order valence-electron chi connectivity index (χ3n) is 2.35. The molecule has 0 atom stereocenters. The monoisotopic (exact) mass is 301 g/mol. The first kappa shape index (κ1) is 15.4. The molecule has 1 N–H and O–H groups in total. The van der Waals surface area contributed by atoms with Gasteiger partial charge in [0, 0.05) is 17.1 Å². The van der Waals surface area contributed by atoms with Crippen molar-refractivity contribution in [1.82, 2.24) is 4.90 Å². The average Bonchev–Trinajstić information content (AvgIpc) is 2.22. The Balaban J connectivity index is 2.88. The molecule has 0 amide bonds. The summed E-state index contributed by atoms with van der Waals surface area (Å²) in [5.74, 6) is -0.235. The molecule has 0 unspecified atom stereocenters. The fourth-order valence-electron chi connectivity index (χ4n) is 1.51. The molecule has 102 valence electrons. The first-order chi connectivity index (χ1) is 8.23. The topological polar surface area (TPSA) is 23.5 Å². The second kappa shape index (κ2) is 5.99. The molecule has 0 aromatic heterocycles. The molecule has 7 heteroatoms. The van der Waals surface area contributed by atoms with Crippen molar-refractivity contribution in [2.24, 2.45) is 0 Å². The van der Waals surface area contributed by atoms with Crippen molar-refractivity contribution in [1.29, 1.82) is 0 Å². The Hall–Kier alpha value is -0.650. The fourth-order valence-corrected chi connectivity index (χ4v) is 2.05. The van der Waals surface area contributed by atoms with Gasteiger partial charge in [-0.3, -0.25) is 4.90 Å². The van der Waals surface area contributed by atoms with Crippen LogP contribution in [0.4, 0.5) is 13.2 Å². The quantitative estimate of drug-likeness (QED) is 0.905. The molecule has 2 nitrogen and oxygen atoms in total. The van der Waals surface area contributed by atoms with Crippen molar-refractivity contribution in [3.8, 4) is 5.75 Å². The summed E-state index contributed by atoms with van der Waals surface area (Å²) in [5.41, 5.74) is 0.276. The van der Waals surface area contributed by atoms with Gasteiger partial charge < -0.3 is 5.11 Å². The van der Waals surface area contributed by atoms with Crippen LogP contribution in [0.5, 0.6) is 5.75 Å². The molecule has 0 saturated carbocycles. The number of phenols is 1. The van der Waals surface area contributed by atoms with E-state index in [0.29, 0.717) is 0 Å². The summed E-state index contributed by atoms with van der Waals surface area (Å²) >= 11 is 11.4. The molecule has 0 fully saturated rings. The molecule has 0 heterocycles. The zero-order valence-corrected chi connectivity index (χ0v) is 11.1. The van der Waals surface area contributed by atoms with E-state index < -0.39 is 12.7 Å². The van der Waals surface area contributed by atoms with Gasteiger partial charge in [0.05, 0.1) is 11.6 Å². The van der Waals surface area contributed by atoms with Gasteiger partial charge >= 0.3 is 6.18 Å². The van der Waals surface area contributed by atoms with Gasteiger partial charge in [0.1, 0.15) is 5.75 Å². The van der Waals surface area contributed by atoms with Gasteiger partial charge in [-0.05, 0) is 18.7 Å². The van der Waals surface area contributed by atoms with Crippen LogP contribution in [0, 0.1) is 0 Å². The van der Waals surface area contributed by atoms with E-state index in [-0.39, 0.29) is 34.4 Å². The first-order valence-corrected chi connectivity index (χ1v) is 5.94. The Labute approximate surface area is 113 Å². The number of hydrogen-bond donors (Lipinski definition) is 1. The molecule has 0 spiro atoms. The zero-order chi connectivity index (χ0) is 13.9. The second-order valence-electron chi connectivity index (χ2n) is 3.81. The van der Waals surface area contributed by atoms with Crippen LogP contribution in [0.1, 0.15) is 12.5 Å². The van der Waals surface area contributed by atoms with E-state index >= 15 is 0 Å². The van der Waals surface area contributed by atoms with E-state index in [2.05, 4.69) is 0 Å². The highest BCUT2D eigenvalue weighted by Gasteiger charge is 2.30. The smallest absolute Gasteiger partial charge is 0.401 e. The van der Waals surface area contributed by atoms with Crippen LogP contribution in [-0.4, -0.2) is 29.3 Å². The maximum absolute atomic E-state index is 12.3. The van der Waals surface area contributed by atoms with Crippen LogP contribution in [0.25, 0.3) is 0 Å². The lowest BCUT2D eigenvalue weighted by molar-refractivity contribution is -0.146. The Bertz CT molecular complexity index is 423. The van der Waals surface area contributed by atoms with Gasteiger partial charge in [-0.25, -0.2) is 0 Å². The number of phenolic OH excluding ortho intramolecular Hbond substituents is 1. The van der Waals surface area contributed by atoms with Crippen molar-refractivity contribution >= 4 is 23.2 Å². The molecular formula is C11H12Cl2F3NO. The summed E-state index contributed by atoms with van der Waals surface area (Å²) in [6, 6.07) is 2.74. The van der Waals surface area contributed by atoms with E-state index in [0.717, 1.165) is 4.90 Å². The first-order valence-electron chi connectivity index (χ1n) is 5.19. The van der Waals surface area contributed by atoms with Crippen LogP contribution in [0.3, 0.4) is 0 Å². The molecule has 1 aromatic rings. The van der Waals surface area contributed by atoms with E-state index in [1.54, 1.807) is 6.92 Å². The molecular weight excluding hydrogens is 290 g/mol. The van der Waals surface area contributed by atoms with Crippen molar-refractivity contribution in [2.75, 3.05) is 13.1 Å². The average molecular weight is 302 g/mol. The number of halogens is 5. The molecule has 0 aliphatic rings. The van der Waals surface area contributed by atoms with Crippen molar-refractivity contribution in [3.63, 3.8) is 0 Å². The van der Waals surface area contributed by atoms with Crippen LogP contribution < -0.4 is 0 Å². The van der Waals surface area contributed by atoms with E-state index in [9.17, 15) is 18.3 Å². The van der Waals surface area contributed by atoms with Crippen molar-refractivity contribution in [2.45, 2.75) is 19.6 Å². The van der Waals surface area contributed by atoms with Gasteiger partial charge in [-0.15, -0.1) is 0 Å². The third-order valence-corrected chi connectivity index (χ3v) is 2.86. The van der Waals surface area contributed by atoms with E-state index in [1.165, 1.54) is 12.1 Å². The minimum Gasteiger partial charge on any atom is -0.506 e. The van der Waals surface area contributed by atoms with Crippen LogP contribution in [0.15, 0.2) is 12.1 Å². The molecule has 0 aliphatic heterocycles. The van der Waals surface area contributed by atoms with Crippen LogP contribution >= 0.6 is 23.2 Å². The maximum atomic E-state index is 12.3. The number of benzene rings is 1. The lowest BCUT2D eigenvalue weighted by atomic mass is 10.2. The molecule has 0 radical (unpaired) electrons. The van der Waals surface area contributed by atoms with E-state index in [1.807, 2.05) is 0 Å². The van der Waals surface area contributed by atoms with Crippen molar-refractivity contribution in [3.05, 3.63) is 27.7 Å². The fraction of sp³-hybridized carbons (Fsp3) is 0.455. The normalized spacial score (nSPS) is 12.2. The Morgan fingerprint density at radius 1 is 1.28 bits per heavy atom. The highest BCUT2D eigenvalue weighted by atomic mass is 35.5. The molecule has 1 rings (SSSR count). The number of alkyl halides is 3. The van der Waals surface area contributed by atoms with Crippen LogP contribution in [0.2, 0.25) is 10.0 Å². The molecule has 0 bridgehead atoms. The van der Waals surface area contributed by atoms with E-state index in [4.69, 9.17) is 23.2 Å². The highest BCUT2D eigenvalue weighted by Crippen LogP contribution is 2.32. The third kappa shape index (κ3) is 4.55. The maximum Gasteiger partial charge on any atom is 0.401 e. The predicted molar refractivity (Wildman–Crippen MR) is 65.1 cm³/mol. The zero-order valence-electron chi connectivity index (χ0n) is 9.56. The number of rotatable bonds is 4. The summed E-state index contributed by atoms with van der Waals surface area (Å²) in [6.45, 7) is 0.688. The van der Waals surface area contributed by atoms with Gasteiger partial charge in [0.2, 0.25) is 0 Å². The number of aromatic hydroxyl groups is 1. The summed E-state index contributed by atoms with van der Waals surface area (Å²) in [6.07, 6.45) is -4.28. The SMILES string of the molecule is CCN(Cc1cc(Cl)cc(Cl)c1O)CC(F)(F)F. The lowest BCUT2D eigenvalue weighted by Crippen LogP contribution is -2.33. The summed E-state index contributed by atoms with van der Waals surface area (Å²) in [5, 5.41) is 9.97. The molecule has 0 saturated heterocycles. The largest absolute Gasteiger partial charge is 0.506 e. The van der Waals surface area contributed by atoms with Crippen molar-refractivity contribution < 1.29 is 18.3 Å².